The fourth-order valence-electron chi connectivity index (χ4n) is 3.41. The fourth-order valence-corrected chi connectivity index (χ4v) is 4.60. The number of hydrogen-bond donors (Lipinski definition) is 0. The van der Waals surface area contributed by atoms with Crippen LogP contribution >= 0.6 is 0 Å². The molecule has 5 nitrogen and oxygen atoms in total. The number of para-hydroxylation sites is 1. The van der Waals surface area contributed by atoms with Gasteiger partial charge in [0.1, 0.15) is 0 Å². The zero-order valence-electron chi connectivity index (χ0n) is 18.3. The number of benzene rings is 4. The standard InChI is InChI=1S/C27H25N3O2S/c1-29(33(31,32)26-20-12-5-13-21-26)27(24-16-8-3-9-17-24)28-30(25-18-10-4-11-19-25)22-23-14-6-2-7-15-23/h2-21H,22H2,1H3/b28-27+. The molecule has 0 aliphatic rings. The minimum Gasteiger partial charge on any atom is -0.259 e. The maximum absolute atomic E-state index is 13.4. The van der Waals surface area contributed by atoms with Crippen molar-refractivity contribution in [2.75, 3.05) is 12.1 Å². The van der Waals surface area contributed by atoms with Gasteiger partial charge in [0.2, 0.25) is 0 Å². The summed E-state index contributed by atoms with van der Waals surface area (Å²) in [6, 6.07) is 37.5. The highest BCUT2D eigenvalue weighted by Crippen LogP contribution is 2.22. The van der Waals surface area contributed by atoms with E-state index in [9.17, 15) is 8.42 Å². The Kier molecular flexibility index (Phi) is 6.86. The van der Waals surface area contributed by atoms with E-state index in [4.69, 9.17) is 5.10 Å². The van der Waals surface area contributed by atoms with Gasteiger partial charge in [-0.3, -0.25) is 9.31 Å². The van der Waals surface area contributed by atoms with Crippen LogP contribution in [-0.4, -0.2) is 25.6 Å². The van der Waals surface area contributed by atoms with Crippen LogP contribution < -0.4 is 5.01 Å². The molecular weight excluding hydrogens is 430 g/mol. The van der Waals surface area contributed by atoms with Gasteiger partial charge in [0, 0.05) is 12.6 Å². The van der Waals surface area contributed by atoms with Gasteiger partial charge in [-0.2, -0.15) is 5.10 Å². The van der Waals surface area contributed by atoms with Gasteiger partial charge < -0.3 is 0 Å². The second-order valence-corrected chi connectivity index (χ2v) is 9.42. The van der Waals surface area contributed by atoms with Crippen LogP contribution in [0.3, 0.4) is 0 Å². The van der Waals surface area contributed by atoms with E-state index in [2.05, 4.69) is 0 Å². The maximum atomic E-state index is 13.4. The fraction of sp³-hybridized carbons (Fsp3) is 0.0741. The van der Waals surface area contributed by atoms with Crippen molar-refractivity contribution in [3.63, 3.8) is 0 Å². The van der Waals surface area contributed by atoms with E-state index in [0.29, 0.717) is 17.9 Å². The number of sulfonamides is 1. The summed E-state index contributed by atoms with van der Waals surface area (Å²) >= 11 is 0. The Morgan fingerprint density at radius 2 is 1.18 bits per heavy atom. The Morgan fingerprint density at radius 1 is 0.697 bits per heavy atom. The van der Waals surface area contributed by atoms with Crippen LogP contribution in [0.25, 0.3) is 0 Å². The van der Waals surface area contributed by atoms with Gasteiger partial charge in [0.05, 0.1) is 17.1 Å². The monoisotopic (exact) mass is 455 g/mol. The summed E-state index contributed by atoms with van der Waals surface area (Å²) < 4.78 is 28.1. The molecule has 4 rings (SSSR count). The van der Waals surface area contributed by atoms with Crippen LogP contribution in [-0.2, 0) is 16.6 Å². The zero-order valence-corrected chi connectivity index (χ0v) is 19.1. The average molecular weight is 456 g/mol. The molecule has 0 N–H and O–H groups in total. The van der Waals surface area contributed by atoms with Gasteiger partial charge in [-0.15, -0.1) is 0 Å². The molecule has 0 fully saturated rings. The molecule has 0 saturated carbocycles. The smallest absolute Gasteiger partial charge is 0.259 e. The minimum absolute atomic E-state index is 0.213. The molecule has 4 aromatic carbocycles. The molecule has 0 atom stereocenters. The first-order valence-electron chi connectivity index (χ1n) is 10.6. The molecule has 0 aliphatic heterocycles. The van der Waals surface area contributed by atoms with E-state index in [1.165, 1.54) is 4.31 Å². The summed E-state index contributed by atoms with van der Waals surface area (Å²) in [6.07, 6.45) is 0. The van der Waals surface area contributed by atoms with Crippen molar-refractivity contribution in [1.82, 2.24) is 4.31 Å². The lowest BCUT2D eigenvalue weighted by Gasteiger charge is -2.26. The number of anilines is 1. The Labute approximate surface area is 195 Å². The van der Waals surface area contributed by atoms with Crippen molar-refractivity contribution >= 4 is 21.5 Å². The Bertz CT molecular complexity index is 1290. The van der Waals surface area contributed by atoms with Gasteiger partial charge in [-0.1, -0.05) is 97.1 Å². The second kappa shape index (κ2) is 10.1. The van der Waals surface area contributed by atoms with Crippen molar-refractivity contribution in [1.29, 1.82) is 0 Å². The van der Waals surface area contributed by atoms with Gasteiger partial charge in [-0.05, 0) is 29.8 Å². The van der Waals surface area contributed by atoms with Crippen molar-refractivity contribution in [3.8, 4) is 0 Å². The Hall–Kier alpha value is -3.90. The summed E-state index contributed by atoms with van der Waals surface area (Å²) in [6.45, 7) is 0.487. The third-order valence-electron chi connectivity index (χ3n) is 5.18. The molecule has 0 radical (unpaired) electrons. The summed E-state index contributed by atoms with van der Waals surface area (Å²) in [4.78, 5) is 0.213. The van der Waals surface area contributed by atoms with Crippen molar-refractivity contribution in [2.45, 2.75) is 11.4 Å². The van der Waals surface area contributed by atoms with Crippen molar-refractivity contribution in [3.05, 3.63) is 132 Å². The predicted octanol–water partition coefficient (Wildman–Crippen LogP) is 5.38. The third-order valence-corrected chi connectivity index (χ3v) is 6.94. The van der Waals surface area contributed by atoms with Crippen molar-refractivity contribution < 1.29 is 8.42 Å². The van der Waals surface area contributed by atoms with E-state index < -0.39 is 10.0 Å². The summed E-state index contributed by atoms with van der Waals surface area (Å²) in [5, 5.41) is 6.73. The molecule has 6 heteroatoms. The highest BCUT2D eigenvalue weighted by Gasteiger charge is 2.26. The van der Waals surface area contributed by atoms with Crippen LogP contribution in [0.1, 0.15) is 11.1 Å². The molecule has 4 aromatic rings. The van der Waals surface area contributed by atoms with Crippen LogP contribution in [0.2, 0.25) is 0 Å². The number of hydrazone groups is 1. The number of rotatable bonds is 7. The molecule has 0 aromatic heterocycles. The topological polar surface area (TPSA) is 53.0 Å². The SMILES string of the molecule is CN(/C(=N/N(Cc1ccccc1)c1ccccc1)c1ccccc1)S(=O)(=O)c1ccccc1. The summed E-state index contributed by atoms with van der Waals surface area (Å²) in [5.41, 5.74) is 2.62. The lowest BCUT2D eigenvalue weighted by Crippen LogP contribution is -2.36. The summed E-state index contributed by atoms with van der Waals surface area (Å²) in [7, 11) is -2.27. The lowest BCUT2D eigenvalue weighted by molar-refractivity contribution is 0.551. The first-order chi connectivity index (χ1) is 16.1. The largest absolute Gasteiger partial charge is 0.265 e. The van der Waals surface area contributed by atoms with Gasteiger partial charge >= 0.3 is 0 Å². The molecular formula is C27H25N3O2S. The summed E-state index contributed by atoms with van der Waals surface area (Å²) in [5.74, 6) is 0.333. The molecule has 0 bridgehead atoms. The quantitative estimate of drug-likeness (QED) is 0.214. The average Bonchev–Trinajstić information content (AvgIpc) is 2.88. The highest BCUT2D eigenvalue weighted by molar-refractivity contribution is 7.89. The van der Waals surface area contributed by atoms with Gasteiger partial charge in [0.25, 0.3) is 10.0 Å². The second-order valence-electron chi connectivity index (χ2n) is 7.45. The first-order valence-corrected chi connectivity index (χ1v) is 12.0. The van der Waals surface area contributed by atoms with Crippen LogP contribution in [0.5, 0.6) is 0 Å². The van der Waals surface area contributed by atoms with Crippen LogP contribution in [0, 0.1) is 0 Å². The molecule has 0 amide bonds. The van der Waals surface area contributed by atoms with E-state index in [0.717, 1.165) is 11.3 Å². The Morgan fingerprint density at radius 3 is 1.76 bits per heavy atom. The lowest BCUT2D eigenvalue weighted by atomic mass is 10.2. The highest BCUT2D eigenvalue weighted by atomic mass is 32.2. The molecule has 0 heterocycles. The van der Waals surface area contributed by atoms with E-state index in [1.54, 1.807) is 37.4 Å². The number of nitrogens with zero attached hydrogens (tertiary/aromatic N) is 3. The maximum Gasteiger partial charge on any atom is 0.265 e. The van der Waals surface area contributed by atoms with Crippen LogP contribution in [0.15, 0.2) is 131 Å². The molecule has 166 valence electrons. The van der Waals surface area contributed by atoms with Crippen molar-refractivity contribution in [2.24, 2.45) is 5.10 Å². The molecule has 33 heavy (non-hydrogen) atoms. The van der Waals surface area contributed by atoms with E-state index in [1.807, 2.05) is 96.0 Å². The molecule has 0 spiro atoms. The van der Waals surface area contributed by atoms with E-state index in [-0.39, 0.29) is 4.90 Å². The third kappa shape index (κ3) is 5.30. The normalized spacial score (nSPS) is 11.7. The molecule has 0 unspecified atom stereocenters. The minimum atomic E-state index is -3.81. The molecule has 0 aliphatic carbocycles. The predicted molar refractivity (Wildman–Crippen MR) is 133 cm³/mol. The first kappa shape index (κ1) is 22.3. The zero-order chi connectivity index (χ0) is 23.1. The van der Waals surface area contributed by atoms with Gasteiger partial charge in [-0.25, -0.2) is 8.42 Å². The molecule has 0 saturated heterocycles. The van der Waals surface area contributed by atoms with E-state index >= 15 is 0 Å². The number of amidine groups is 1. The van der Waals surface area contributed by atoms with Crippen LogP contribution in [0.4, 0.5) is 5.69 Å². The number of hydrogen-bond acceptors (Lipinski definition) is 4. The van der Waals surface area contributed by atoms with Gasteiger partial charge in [0.15, 0.2) is 5.84 Å². The Balaban J connectivity index is 1.83.